The van der Waals surface area contributed by atoms with Crippen molar-refractivity contribution in [3.63, 3.8) is 0 Å². The Kier molecular flexibility index (Phi) is 5.11. The van der Waals surface area contributed by atoms with Gasteiger partial charge in [0.05, 0.1) is 27.6 Å². The predicted octanol–water partition coefficient (Wildman–Crippen LogP) is 9.32. The molecule has 214 valence electrons. The van der Waals surface area contributed by atoms with E-state index in [-0.39, 0.29) is 6.29 Å². The van der Waals surface area contributed by atoms with E-state index in [1.807, 2.05) is 0 Å². The Bertz CT molecular complexity index is 2480. The number of aliphatic imine (C=N–C) groups is 1. The van der Waals surface area contributed by atoms with Gasteiger partial charge in [0.1, 0.15) is 11.7 Å². The molecule has 4 heterocycles. The number of hydrogen-bond acceptors (Lipinski definition) is 2. The standard InChI is InChI=1S/C40H29N5/c1-7-19-32-26(13-1)27-14-2-8-20-33(27)43(32)38-25-39(44-34-21-9-3-15-28(34)29-16-4-10-22-35(29)44)42-40(41-38)45-36-23-11-5-17-30(36)31-18-6-12-24-37(31)45/h1-11,13-23,25,40-41H,12,24H2. The van der Waals surface area contributed by atoms with Crippen LogP contribution in [0.2, 0.25) is 0 Å². The van der Waals surface area contributed by atoms with E-state index in [1.54, 1.807) is 0 Å². The molecule has 5 heteroatoms. The van der Waals surface area contributed by atoms with Crippen LogP contribution in [0, 0.1) is 0 Å². The molecule has 0 saturated heterocycles. The fourth-order valence-corrected chi connectivity index (χ4v) is 7.70. The van der Waals surface area contributed by atoms with Crippen molar-refractivity contribution in [2.75, 3.05) is 0 Å². The molecular formula is C40H29N5. The van der Waals surface area contributed by atoms with Crippen LogP contribution < -0.4 is 5.32 Å². The van der Waals surface area contributed by atoms with Crippen LogP contribution >= 0.6 is 0 Å². The number of rotatable bonds is 2. The molecule has 3 aromatic heterocycles. The number of fused-ring (bicyclic) bond motifs is 9. The Morgan fingerprint density at radius 1 is 0.556 bits per heavy atom. The molecule has 5 aromatic carbocycles. The Hall–Kier alpha value is -5.81. The minimum atomic E-state index is -0.347. The average Bonchev–Trinajstić information content (AvgIpc) is 3.74. The topological polar surface area (TPSA) is 39.2 Å². The van der Waals surface area contributed by atoms with Crippen LogP contribution in [-0.4, -0.2) is 19.5 Å². The van der Waals surface area contributed by atoms with Gasteiger partial charge in [0, 0.05) is 44.3 Å². The molecule has 8 aromatic rings. The second-order valence-electron chi connectivity index (χ2n) is 12.0. The lowest BCUT2D eigenvalue weighted by molar-refractivity contribution is 0.470. The first-order chi connectivity index (χ1) is 22.3. The number of allylic oxidation sites excluding steroid dienone is 2. The lowest BCUT2D eigenvalue weighted by atomic mass is 10.0. The summed E-state index contributed by atoms with van der Waals surface area (Å²) in [5.74, 6) is 1.91. The van der Waals surface area contributed by atoms with E-state index in [9.17, 15) is 0 Å². The van der Waals surface area contributed by atoms with Gasteiger partial charge in [-0.05, 0) is 43.2 Å². The summed E-state index contributed by atoms with van der Waals surface area (Å²) in [5.41, 5.74) is 8.46. The second kappa shape index (κ2) is 9.34. The van der Waals surface area contributed by atoms with E-state index in [0.717, 1.165) is 35.5 Å². The van der Waals surface area contributed by atoms with Gasteiger partial charge in [-0.1, -0.05) is 103 Å². The molecule has 5 nitrogen and oxygen atoms in total. The van der Waals surface area contributed by atoms with Crippen molar-refractivity contribution in [1.82, 2.24) is 19.0 Å². The van der Waals surface area contributed by atoms with Gasteiger partial charge < -0.3 is 9.88 Å². The van der Waals surface area contributed by atoms with Gasteiger partial charge in [-0.3, -0.25) is 9.13 Å². The molecule has 2 aliphatic rings. The van der Waals surface area contributed by atoms with Crippen LogP contribution in [0.5, 0.6) is 0 Å². The monoisotopic (exact) mass is 579 g/mol. The van der Waals surface area contributed by atoms with Crippen LogP contribution in [0.1, 0.15) is 24.0 Å². The molecule has 0 radical (unpaired) electrons. The third-order valence-corrected chi connectivity index (χ3v) is 9.56. The number of nitrogens with one attached hydrogen (secondary N) is 1. The van der Waals surface area contributed by atoms with E-state index in [4.69, 9.17) is 4.99 Å². The number of hydrogen-bond donors (Lipinski definition) is 1. The van der Waals surface area contributed by atoms with Crippen molar-refractivity contribution in [3.05, 3.63) is 145 Å². The zero-order valence-electron chi connectivity index (χ0n) is 24.6. The second-order valence-corrected chi connectivity index (χ2v) is 12.0. The molecular weight excluding hydrogens is 550 g/mol. The zero-order valence-corrected chi connectivity index (χ0v) is 24.6. The highest BCUT2D eigenvalue weighted by Gasteiger charge is 2.28. The summed E-state index contributed by atoms with van der Waals surface area (Å²) in [6.07, 6.45) is 8.47. The minimum absolute atomic E-state index is 0.347. The molecule has 45 heavy (non-hydrogen) atoms. The molecule has 0 saturated carbocycles. The fraction of sp³-hybridized carbons (Fsp3) is 0.0750. The predicted molar refractivity (Wildman–Crippen MR) is 187 cm³/mol. The van der Waals surface area contributed by atoms with E-state index in [0.29, 0.717) is 0 Å². The van der Waals surface area contributed by atoms with Crippen LogP contribution in [0.25, 0.3) is 66.4 Å². The molecule has 0 amide bonds. The largest absolute Gasteiger partial charge is 0.332 e. The summed E-state index contributed by atoms with van der Waals surface area (Å²) in [6.45, 7) is 0. The Morgan fingerprint density at radius 2 is 1.04 bits per heavy atom. The van der Waals surface area contributed by atoms with E-state index in [1.165, 1.54) is 54.7 Å². The third-order valence-electron chi connectivity index (χ3n) is 9.56. The summed E-state index contributed by atoms with van der Waals surface area (Å²) in [7, 11) is 0. The number of para-hydroxylation sites is 5. The van der Waals surface area contributed by atoms with Crippen molar-refractivity contribution < 1.29 is 0 Å². The normalized spacial score (nSPS) is 16.4. The van der Waals surface area contributed by atoms with Crippen molar-refractivity contribution in [2.45, 2.75) is 19.1 Å². The molecule has 1 atom stereocenters. The lowest BCUT2D eigenvalue weighted by Crippen LogP contribution is -2.33. The summed E-state index contributed by atoms with van der Waals surface area (Å²) < 4.78 is 7.14. The first kappa shape index (κ1) is 24.6. The van der Waals surface area contributed by atoms with Gasteiger partial charge in [0.15, 0.2) is 0 Å². The van der Waals surface area contributed by atoms with Crippen molar-refractivity contribution in [1.29, 1.82) is 0 Å². The third kappa shape index (κ3) is 3.46. The highest BCUT2D eigenvalue weighted by Crippen LogP contribution is 2.38. The van der Waals surface area contributed by atoms with E-state index < -0.39 is 0 Å². The Balaban J connectivity index is 1.30. The fourth-order valence-electron chi connectivity index (χ4n) is 7.70. The van der Waals surface area contributed by atoms with Crippen molar-refractivity contribution in [2.24, 2.45) is 4.99 Å². The molecule has 0 bridgehead atoms. The quantitative estimate of drug-likeness (QED) is 0.218. The highest BCUT2D eigenvalue weighted by molar-refractivity contribution is 6.18. The Morgan fingerprint density at radius 3 is 1.62 bits per heavy atom. The van der Waals surface area contributed by atoms with E-state index in [2.05, 4.69) is 159 Å². The molecule has 1 N–H and O–H groups in total. The van der Waals surface area contributed by atoms with Crippen molar-refractivity contribution in [3.8, 4) is 0 Å². The number of nitrogens with zero attached hydrogens (tertiary/aromatic N) is 4. The average molecular weight is 580 g/mol. The lowest BCUT2D eigenvalue weighted by Gasteiger charge is -2.29. The number of aromatic nitrogens is 3. The Labute approximate surface area is 259 Å². The minimum Gasteiger partial charge on any atom is -0.332 e. The first-order valence-corrected chi connectivity index (χ1v) is 15.7. The number of benzene rings is 5. The molecule has 0 spiro atoms. The van der Waals surface area contributed by atoms with Gasteiger partial charge >= 0.3 is 0 Å². The summed E-state index contributed by atoms with van der Waals surface area (Å²) >= 11 is 0. The van der Waals surface area contributed by atoms with Crippen LogP contribution in [0.15, 0.2) is 138 Å². The SMILES string of the molecule is C1=Cc2c(n(C3N=C(n4c5ccccc5c5ccccc54)C=C(n4c5ccccc5c5ccccc54)N3)c3ccccc23)CC1. The van der Waals surface area contributed by atoms with E-state index >= 15 is 0 Å². The van der Waals surface area contributed by atoms with Gasteiger partial charge in [-0.15, -0.1) is 0 Å². The van der Waals surface area contributed by atoms with Gasteiger partial charge in [-0.2, -0.15) is 0 Å². The van der Waals surface area contributed by atoms with Crippen LogP contribution in [-0.2, 0) is 6.42 Å². The van der Waals surface area contributed by atoms with Gasteiger partial charge in [0.25, 0.3) is 0 Å². The first-order valence-electron chi connectivity index (χ1n) is 15.7. The molecule has 0 fully saturated rings. The summed E-state index contributed by atoms with van der Waals surface area (Å²) in [4.78, 5) is 5.56. The molecule has 10 rings (SSSR count). The maximum Gasteiger partial charge on any atom is 0.204 e. The molecule has 1 unspecified atom stereocenters. The van der Waals surface area contributed by atoms with Crippen LogP contribution in [0.3, 0.4) is 0 Å². The highest BCUT2D eigenvalue weighted by atomic mass is 15.4. The zero-order chi connectivity index (χ0) is 29.5. The maximum absolute atomic E-state index is 5.56. The smallest absolute Gasteiger partial charge is 0.204 e. The van der Waals surface area contributed by atoms with Crippen LogP contribution in [0.4, 0.5) is 0 Å². The molecule has 1 aliphatic carbocycles. The van der Waals surface area contributed by atoms with Crippen molar-refractivity contribution >= 4 is 72.2 Å². The van der Waals surface area contributed by atoms with Gasteiger partial charge in [-0.25, -0.2) is 4.99 Å². The maximum atomic E-state index is 5.56. The molecule has 1 aliphatic heterocycles. The summed E-state index contributed by atoms with van der Waals surface area (Å²) in [6, 6.07) is 43.5. The summed E-state index contributed by atoms with van der Waals surface area (Å²) in [5, 5.41) is 10.1. The van der Waals surface area contributed by atoms with Gasteiger partial charge in [0.2, 0.25) is 6.29 Å².